The molecule has 1 N–H and O–H groups in total. The van der Waals surface area contributed by atoms with Gasteiger partial charge < -0.3 is 15.4 Å². The molecule has 0 saturated heterocycles. The van der Waals surface area contributed by atoms with Gasteiger partial charge in [0.1, 0.15) is 6.54 Å². The standard InChI is InChI=1S/C17H17ClN6O3/c1-11-3-5-13(6-4-11)9-22-8-7-14(20-22)19-15(25)10-23-12(2)16(18)17(21-23)24(26)27/h3-8H,9-10H2,1-2H3,(H,19,20,25). The normalized spacial score (nSPS) is 10.8. The minimum atomic E-state index is -0.684. The number of hydrogen-bond donors (Lipinski definition) is 1. The number of rotatable bonds is 6. The highest BCUT2D eigenvalue weighted by molar-refractivity contribution is 6.33. The maximum atomic E-state index is 12.2. The molecule has 0 saturated carbocycles. The van der Waals surface area contributed by atoms with Crippen LogP contribution in [0.2, 0.25) is 5.02 Å². The average molecular weight is 389 g/mol. The number of nitro groups is 1. The summed E-state index contributed by atoms with van der Waals surface area (Å²) in [4.78, 5) is 22.4. The molecule has 0 aliphatic rings. The lowest BCUT2D eigenvalue weighted by Crippen LogP contribution is -2.20. The highest BCUT2D eigenvalue weighted by Crippen LogP contribution is 2.26. The monoisotopic (exact) mass is 388 g/mol. The highest BCUT2D eigenvalue weighted by atomic mass is 35.5. The summed E-state index contributed by atoms with van der Waals surface area (Å²) < 4.78 is 2.90. The zero-order chi connectivity index (χ0) is 19.6. The molecule has 0 bridgehead atoms. The van der Waals surface area contributed by atoms with Crippen molar-refractivity contribution in [3.63, 3.8) is 0 Å². The summed E-state index contributed by atoms with van der Waals surface area (Å²) in [5, 5.41) is 21.5. The summed E-state index contributed by atoms with van der Waals surface area (Å²) in [6, 6.07) is 9.77. The van der Waals surface area contributed by atoms with E-state index < -0.39 is 16.6 Å². The first-order valence-corrected chi connectivity index (χ1v) is 8.47. The van der Waals surface area contributed by atoms with E-state index in [4.69, 9.17) is 11.6 Å². The Labute approximate surface area is 159 Å². The van der Waals surface area contributed by atoms with Crippen LogP contribution < -0.4 is 5.32 Å². The molecule has 0 aliphatic heterocycles. The fourth-order valence-electron chi connectivity index (χ4n) is 2.49. The Hall–Kier alpha value is -3.20. The lowest BCUT2D eigenvalue weighted by molar-refractivity contribution is -0.389. The van der Waals surface area contributed by atoms with Gasteiger partial charge in [0.15, 0.2) is 10.8 Å². The summed E-state index contributed by atoms with van der Waals surface area (Å²) in [5.74, 6) is -0.491. The molecule has 9 nitrogen and oxygen atoms in total. The Balaban J connectivity index is 1.63. The number of anilines is 1. The Kier molecular flexibility index (Phi) is 5.22. The lowest BCUT2D eigenvalue weighted by atomic mass is 10.1. The maximum absolute atomic E-state index is 12.2. The van der Waals surface area contributed by atoms with Crippen molar-refractivity contribution in [1.29, 1.82) is 0 Å². The van der Waals surface area contributed by atoms with E-state index >= 15 is 0 Å². The molecule has 0 aliphatic carbocycles. The molecule has 0 spiro atoms. The fraction of sp³-hybridized carbons (Fsp3) is 0.235. The Morgan fingerprint density at radius 1 is 1.22 bits per heavy atom. The second kappa shape index (κ2) is 7.58. The Morgan fingerprint density at radius 2 is 1.93 bits per heavy atom. The van der Waals surface area contributed by atoms with Crippen LogP contribution in [0, 0.1) is 24.0 Å². The van der Waals surface area contributed by atoms with Gasteiger partial charge in [-0.15, -0.1) is 0 Å². The predicted molar refractivity (Wildman–Crippen MR) is 99.8 cm³/mol. The topological polar surface area (TPSA) is 108 Å². The van der Waals surface area contributed by atoms with E-state index in [1.165, 1.54) is 10.2 Å². The van der Waals surface area contributed by atoms with E-state index in [0.29, 0.717) is 18.1 Å². The zero-order valence-corrected chi connectivity index (χ0v) is 15.5. The third-order valence-electron chi connectivity index (χ3n) is 3.96. The summed E-state index contributed by atoms with van der Waals surface area (Å²) in [6.45, 7) is 3.96. The number of amides is 1. The third kappa shape index (κ3) is 4.32. The molecule has 27 heavy (non-hydrogen) atoms. The SMILES string of the molecule is Cc1ccc(Cn2ccc(NC(=O)Cn3nc([N+](=O)[O-])c(Cl)c3C)n2)cc1. The van der Waals surface area contributed by atoms with Gasteiger partial charge in [-0.3, -0.25) is 9.48 Å². The minimum Gasteiger partial charge on any atom is -0.358 e. The van der Waals surface area contributed by atoms with E-state index in [1.54, 1.807) is 23.9 Å². The van der Waals surface area contributed by atoms with E-state index in [2.05, 4.69) is 15.5 Å². The number of carbonyl (C=O) groups is 1. The summed E-state index contributed by atoms with van der Waals surface area (Å²) in [5.41, 5.74) is 2.63. The van der Waals surface area contributed by atoms with E-state index in [-0.39, 0.29) is 11.6 Å². The van der Waals surface area contributed by atoms with Crippen LogP contribution in [0.3, 0.4) is 0 Å². The summed E-state index contributed by atoms with van der Waals surface area (Å²) >= 11 is 5.87. The van der Waals surface area contributed by atoms with Gasteiger partial charge in [-0.2, -0.15) is 9.78 Å². The van der Waals surface area contributed by atoms with Crippen LogP contribution >= 0.6 is 11.6 Å². The number of hydrogen-bond acceptors (Lipinski definition) is 5. The number of aryl methyl sites for hydroxylation is 1. The van der Waals surface area contributed by atoms with Gasteiger partial charge in [-0.25, -0.2) is 0 Å². The number of halogens is 1. The van der Waals surface area contributed by atoms with Gasteiger partial charge in [0, 0.05) is 12.3 Å². The zero-order valence-electron chi connectivity index (χ0n) is 14.7. The van der Waals surface area contributed by atoms with Crippen molar-refractivity contribution >= 4 is 29.1 Å². The molecule has 0 radical (unpaired) electrons. The molecule has 2 aromatic heterocycles. The van der Waals surface area contributed by atoms with Gasteiger partial charge in [-0.1, -0.05) is 41.4 Å². The molecule has 0 atom stereocenters. The van der Waals surface area contributed by atoms with Crippen LogP contribution in [0.5, 0.6) is 0 Å². The molecular formula is C17H17ClN6O3. The molecule has 0 fully saturated rings. The number of carbonyl (C=O) groups excluding carboxylic acids is 1. The van der Waals surface area contributed by atoms with Crippen molar-refractivity contribution in [2.45, 2.75) is 26.9 Å². The number of benzene rings is 1. The van der Waals surface area contributed by atoms with Gasteiger partial charge in [0.2, 0.25) is 5.91 Å². The molecule has 3 aromatic rings. The average Bonchev–Trinajstić information content (AvgIpc) is 3.16. The molecule has 1 aromatic carbocycles. The predicted octanol–water partition coefficient (Wildman–Crippen LogP) is 2.95. The minimum absolute atomic E-state index is 0.0739. The molecule has 0 unspecified atom stereocenters. The molecule has 10 heteroatoms. The van der Waals surface area contributed by atoms with Crippen molar-refractivity contribution in [2.75, 3.05) is 5.32 Å². The first-order valence-electron chi connectivity index (χ1n) is 8.09. The maximum Gasteiger partial charge on any atom is 0.408 e. The summed E-state index contributed by atoms with van der Waals surface area (Å²) in [6.07, 6.45) is 1.76. The van der Waals surface area contributed by atoms with Crippen LogP contribution in [0.15, 0.2) is 36.5 Å². The van der Waals surface area contributed by atoms with E-state index in [1.807, 2.05) is 31.2 Å². The number of aromatic nitrogens is 4. The van der Waals surface area contributed by atoms with Crippen LogP contribution in [-0.4, -0.2) is 30.4 Å². The molecular weight excluding hydrogens is 372 g/mol. The highest BCUT2D eigenvalue weighted by Gasteiger charge is 2.25. The second-order valence-electron chi connectivity index (χ2n) is 6.07. The quantitative estimate of drug-likeness (QED) is 0.516. The van der Waals surface area contributed by atoms with Crippen molar-refractivity contribution in [3.05, 3.63) is 68.5 Å². The first-order chi connectivity index (χ1) is 12.8. The summed E-state index contributed by atoms with van der Waals surface area (Å²) in [7, 11) is 0. The van der Waals surface area contributed by atoms with Crippen LogP contribution in [0.25, 0.3) is 0 Å². The van der Waals surface area contributed by atoms with Gasteiger partial charge >= 0.3 is 5.82 Å². The molecule has 1 amide bonds. The van der Waals surface area contributed by atoms with Crippen molar-refractivity contribution < 1.29 is 9.72 Å². The van der Waals surface area contributed by atoms with Gasteiger partial charge in [0.25, 0.3) is 0 Å². The van der Waals surface area contributed by atoms with Gasteiger partial charge in [-0.05, 0) is 24.3 Å². The van der Waals surface area contributed by atoms with Crippen molar-refractivity contribution in [3.8, 4) is 0 Å². The third-order valence-corrected chi connectivity index (χ3v) is 4.40. The largest absolute Gasteiger partial charge is 0.408 e. The Bertz CT molecular complexity index is 993. The van der Waals surface area contributed by atoms with E-state index in [0.717, 1.165) is 5.56 Å². The van der Waals surface area contributed by atoms with Crippen LogP contribution in [-0.2, 0) is 17.9 Å². The first kappa shape index (κ1) is 18.6. The van der Waals surface area contributed by atoms with Gasteiger partial charge in [0.05, 0.1) is 17.3 Å². The fourth-order valence-corrected chi connectivity index (χ4v) is 2.70. The van der Waals surface area contributed by atoms with Crippen molar-refractivity contribution in [1.82, 2.24) is 19.6 Å². The number of nitrogens with one attached hydrogen (secondary N) is 1. The molecule has 140 valence electrons. The molecule has 3 rings (SSSR count). The Morgan fingerprint density at radius 3 is 2.56 bits per heavy atom. The molecule has 2 heterocycles. The van der Waals surface area contributed by atoms with Crippen molar-refractivity contribution in [2.24, 2.45) is 0 Å². The smallest absolute Gasteiger partial charge is 0.358 e. The van der Waals surface area contributed by atoms with Crippen LogP contribution in [0.4, 0.5) is 11.6 Å². The lowest BCUT2D eigenvalue weighted by Gasteiger charge is -2.03. The van der Waals surface area contributed by atoms with E-state index in [9.17, 15) is 14.9 Å². The second-order valence-corrected chi connectivity index (χ2v) is 6.45. The van der Waals surface area contributed by atoms with Crippen LogP contribution in [0.1, 0.15) is 16.8 Å². The number of nitrogens with zero attached hydrogens (tertiary/aromatic N) is 5.